The van der Waals surface area contributed by atoms with Gasteiger partial charge in [0.2, 0.25) is 0 Å². The van der Waals surface area contributed by atoms with E-state index >= 15 is 0 Å². The zero-order chi connectivity index (χ0) is 17.6. The van der Waals surface area contributed by atoms with E-state index in [1.54, 1.807) is 31.4 Å². The van der Waals surface area contributed by atoms with Crippen molar-refractivity contribution >= 4 is 34.7 Å². The van der Waals surface area contributed by atoms with Crippen molar-refractivity contribution in [3.05, 3.63) is 70.8 Å². The van der Waals surface area contributed by atoms with Crippen molar-refractivity contribution in [2.75, 3.05) is 13.4 Å². The lowest BCUT2D eigenvalue weighted by atomic mass is 9.99. The van der Waals surface area contributed by atoms with Crippen LogP contribution in [0.25, 0.3) is 10.4 Å². The van der Waals surface area contributed by atoms with Crippen LogP contribution in [0.2, 0.25) is 0 Å². The number of methoxy groups -OCH3 is 1. The maximum absolute atomic E-state index is 13.2. The smallest absolute Gasteiger partial charge is 0.195 e. The molecule has 0 saturated heterocycles. The number of rotatable bonds is 4. The lowest BCUT2D eigenvalue weighted by molar-refractivity contribution is 0.100. The molecule has 3 nitrogen and oxygen atoms in total. The highest BCUT2D eigenvalue weighted by Gasteiger charge is 2.35. The average molecular weight is 366 g/mol. The zero-order valence-electron chi connectivity index (χ0n) is 13.7. The molecule has 0 radical (unpaired) electrons. The Kier molecular flexibility index (Phi) is 3.98. The lowest BCUT2D eigenvalue weighted by Crippen LogP contribution is -2.08. The Hall–Kier alpha value is -2.37. The fraction of sp³-hybridized carbons (Fsp3) is 0.100. The van der Waals surface area contributed by atoms with Gasteiger partial charge in [0.05, 0.1) is 22.4 Å². The van der Waals surface area contributed by atoms with E-state index < -0.39 is 0 Å². The van der Waals surface area contributed by atoms with Gasteiger partial charge >= 0.3 is 0 Å². The van der Waals surface area contributed by atoms with Crippen LogP contribution in [-0.2, 0) is 0 Å². The second kappa shape index (κ2) is 6.17. The fourth-order valence-corrected chi connectivity index (χ4v) is 5.14. The van der Waals surface area contributed by atoms with Crippen LogP contribution in [-0.4, -0.2) is 24.9 Å². The predicted octanol–water partition coefficient (Wildman–Crippen LogP) is 4.92. The molecular formula is C20H14O3S2. The van der Waals surface area contributed by atoms with Gasteiger partial charge in [-0.05, 0) is 18.4 Å². The molecule has 0 N–H and O–H groups in total. The van der Waals surface area contributed by atoms with E-state index in [2.05, 4.69) is 0 Å². The van der Waals surface area contributed by atoms with E-state index in [0.717, 1.165) is 14.6 Å². The van der Waals surface area contributed by atoms with Gasteiger partial charge in [-0.2, -0.15) is 0 Å². The van der Waals surface area contributed by atoms with Gasteiger partial charge in [0.15, 0.2) is 11.6 Å². The molecule has 2 aromatic carbocycles. The van der Waals surface area contributed by atoms with Crippen LogP contribution in [0.5, 0.6) is 5.75 Å². The van der Waals surface area contributed by atoms with Gasteiger partial charge in [0.1, 0.15) is 5.75 Å². The Bertz CT molecular complexity index is 1020. The Morgan fingerprint density at radius 3 is 2.56 bits per heavy atom. The third kappa shape index (κ3) is 2.42. The highest BCUT2D eigenvalue weighted by atomic mass is 32.2. The number of hydrogen-bond acceptors (Lipinski definition) is 5. The second-order valence-electron chi connectivity index (χ2n) is 5.61. The Morgan fingerprint density at radius 1 is 1.08 bits per heavy atom. The van der Waals surface area contributed by atoms with E-state index in [9.17, 15) is 9.59 Å². The minimum atomic E-state index is -0.137. The van der Waals surface area contributed by atoms with E-state index in [-0.39, 0.29) is 11.6 Å². The molecule has 0 spiro atoms. The first-order valence-electron chi connectivity index (χ1n) is 7.69. The lowest BCUT2D eigenvalue weighted by Gasteiger charge is -2.06. The normalized spacial score (nSPS) is 12.0. The number of fused-ring (bicyclic) bond motifs is 3. The van der Waals surface area contributed by atoms with Gasteiger partial charge in [0, 0.05) is 21.6 Å². The molecule has 25 heavy (non-hydrogen) atoms. The highest BCUT2D eigenvalue weighted by molar-refractivity contribution is 8.00. The van der Waals surface area contributed by atoms with Crippen molar-refractivity contribution in [1.29, 1.82) is 0 Å². The summed E-state index contributed by atoms with van der Waals surface area (Å²) in [5, 5.41) is 0. The predicted molar refractivity (Wildman–Crippen MR) is 101 cm³/mol. The number of carbonyl (C=O) groups is 2. The molecule has 0 amide bonds. The molecule has 1 aromatic heterocycles. The Balaban J connectivity index is 1.91. The maximum Gasteiger partial charge on any atom is 0.195 e. The number of ether oxygens (including phenoxy) is 1. The van der Waals surface area contributed by atoms with Crippen molar-refractivity contribution in [3.8, 4) is 16.2 Å². The van der Waals surface area contributed by atoms with Gasteiger partial charge < -0.3 is 4.74 Å². The summed E-state index contributed by atoms with van der Waals surface area (Å²) >= 11 is 3.02. The quantitative estimate of drug-likeness (QED) is 0.380. The molecule has 124 valence electrons. The Morgan fingerprint density at radius 2 is 1.84 bits per heavy atom. The molecule has 4 rings (SSSR count). The summed E-state index contributed by atoms with van der Waals surface area (Å²) in [6.45, 7) is 0. The molecule has 3 aromatic rings. The van der Waals surface area contributed by atoms with Crippen LogP contribution in [0.15, 0.2) is 52.7 Å². The molecule has 1 heterocycles. The van der Waals surface area contributed by atoms with Crippen LogP contribution in [0, 0.1) is 0 Å². The maximum atomic E-state index is 13.2. The molecule has 5 heteroatoms. The van der Waals surface area contributed by atoms with Gasteiger partial charge in [-0.25, -0.2) is 0 Å². The number of carbonyl (C=O) groups excluding carboxylic acids is 2. The number of benzene rings is 2. The number of hydrogen-bond donors (Lipinski definition) is 0. The van der Waals surface area contributed by atoms with Crippen molar-refractivity contribution in [3.63, 3.8) is 0 Å². The second-order valence-corrected chi connectivity index (χ2v) is 7.70. The van der Waals surface area contributed by atoms with Crippen molar-refractivity contribution in [1.82, 2.24) is 0 Å². The summed E-state index contributed by atoms with van der Waals surface area (Å²) in [7, 11) is 1.57. The number of ketones is 2. The summed E-state index contributed by atoms with van der Waals surface area (Å²) < 4.78 is 6.10. The van der Waals surface area contributed by atoms with E-state index in [1.165, 1.54) is 23.1 Å². The van der Waals surface area contributed by atoms with Crippen LogP contribution < -0.4 is 4.74 Å². The standard InChI is InChI=1S/C20H14O3S2/c1-23-12-7-5-6-11(10-12)17(21)16-15-18(22)13-8-3-4-9-14(13)19(15)25-20(16)24-2/h3-10H,1-2H3. The van der Waals surface area contributed by atoms with Gasteiger partial charge in [-0.3, -0.25) is 9.59 Å². The summed E-state index contributed by atoms with van der Waals surface area (Å²) in [4.78, 5) is 27.0. The molecule has 1 aliphatic rings. The Labute approximate surface area is 153 Å². The minimum absolute atomic E-state index is 0.0617. The van der Waals surface area contributed by atoms with Crippen molar-refractivity contribution in [2.45, 2.75) is 4.21 Å². The molecule has 0 unspecified atom stereocenters. The largest absolute Gasteiger partial charge is 0.497 e. The molecule has 0 saturated carbocycles. The molecule has 0 fully saturated rings. The summed E-state index contributed by atoms with van der Waals surface area (Å²) in [6.07, 6.45) is 1.93. The third-order valence-corrected chi connectivity index (χ3v) is 6.61. The molecule has 0 bridgehead atoms. The topological polar surface area (TPSA) is 43.4 Å². The van der Waals surface area contributed by atoms with Gasteiger partial charge in [0.25, 0.3) is 0 Å². The monoisotopic (exact) mass is 366 g/mol. The van der Waals surface area contributed by atoms with Crippen LogP contribution in [0.3, 0.4) is 0 Å². The third-order valence-electron chi connectivity index (χ3n) is 4.26. The van der Waals surface area contributed by atoms with Gasteiger partial charge in [-0.1, -0.05) is 36.4 Å². The molecular weight excluding hydrogens is 352 g/mol. The first kappa shape index (κ1) is 16.1. The SMILES string of the molecule is COc1cccc(C(=O)c2c(SC)sc3c2C(=O)c2ccccc2-3)c1. The van der Waals surface area contributed by atoms with E-state index in [4.69, 9.17) is 4.74 Å². The summed E-state index contributed by atoms with van der Waals surface area (Å²) in [6, 6.07) is 14.6. The first-order chi connectivity index (χ1) is 12.2. The van der Waals surface area contributed by atoms with E-state index in [0.29, 0.717) is 28.0 Å². The average Bonchev–Trinajstić information content (AvgIpc) is 3.17. The molecule has 1 aliphatic carbocycles. The molecule has 0 aliphatic heterocycles. The van der Waals surface area contributed by atoms with Crippen molar-refractivity contribution in [2.24, 2.45) is 0 Å². The van der Waals surface area contributed by atoms with Crippen LogP contribution >= 0.6 is 23.1 Å². The highest BCUT2D eigenvalue weighted by Crippen LogP contribution is 2.48. The summed E-state index contributed by atoms with van der Waals surface area (Å²) in [5.74, 6) is 0.424. The minimum Gasteiger partial charge on any atom is -0.497 e. The van der Waals surface area contributed by atoms with Crippen LogP contribution in [0.4, 0.5) is 0 Å². The summed E-state index contributed by atoms with van der Waals surface area (Å²) in [5.41, 5.74) is 3.19. The fourth-order valence-electron chi connectivity index (χ4n) is 3.09. The van der Waals surface area contributed by atoms with Gasteiger partial charge in [-0.15, -0.1) is 23.1 Å². The van der Waals surface area contributed by atoms with E-state index in [1.807, 2.05) is 30.5 Å². The van der Waals surface area contributed by atoms with Crippen molar-refractivity contribution < 1.29 is 14.3 Å². The molecule has 0 atom stereocenters. The van der Waals surface area contributed by atoms with Crippen LogP contribution in [0.1, 0.15) is 31.8 Å². The zero-order valence-corrected chi connectivity index (χ0v) is 15.3. The first-order valence-corrected chi connectivity index (χ1v) is 9.73. The number of thiophene rings is 1. The number of thioether (sulfide) groups is 1.